The van der Waals surface area contributed by atoms with Crippen LogP contribution in [0, 0.1) is 0 Å². The molecule has 27 heavy (non-hydrogen) atoms. The van der Waals surface area contributed by atoms with Gasteiger partial charge in [0, 0.05) is 12.4 Å². The molecule has 0 amide bonds. The van der Waals surface area contributed by atoms with Gasteiger partial charge in [-0.3, -0.25) is 0 Å². The van der Waals surface area contributed by atoms with Crippen LogP contribution in [0.4, 0.5) is 0 Å². The number of hydrogen-bond acceptors (Lipinski definition) is 5. The summed E-state index contributed by atoms with van der Waals surface area (Å²) in [7, 11) is 0. The molecule has 0 unspecified atom stereocenters. The van der Waals surface area contributed by atoms with Crippen molar-refractivity contribution in [3.8, 4) is 0 Å². The Hall–Kier alpha value is -2.96. The summed E-state index contributed by atoms with van der Waals surface area (Å²) in [5, 5.41) is 9.04. The van der Waals surface area contributed by atoms with Crippen molar-refractivity contribution in [1.29, 1.82) is 0 Å². The van der Waals surface area contributed by atoms with Crippen molar-refractivity contribution in [3.63, 3.8) is 0 Å². The number of carboxylic acid groups (broad SMARTS) is 1. The van der Waals surface area contributed by atoms with Gasteiger partial charge in [-0.1, -0.05) is 53.5 Å². The summed E-state index contributed by atoms with van der Waals surface area (Å²) in [6, 6.07) is 15.5. The van der Waals surface area contributed by atoms with E-state index in [1.807, 2.05) is 30.3 Å². The number of halogens is 2. The van der Waals surface area contributed by atoms with Gasteiger partial charge in [-0.05, 0) is 29.8 Å². The Labute approximate surface area is 165 Å². The third-order valence-corrected chi connectivity index (χ3v) is 3.60. The molecule has 2 aromatic heterocycles. The minimum absolute atomic E-state index is 0.143. The Morgan fingerprint density at radius 3 is 1.89 bits per heavy atom. The number of benzene rings is 1. The van der Waals surface area contributed by atoms with Crippen LogP contribution in [0.3, 0.4) is 0 Å². The predicted octanol–water partition coefficient (Wildman–Crippen LogP) is 4.53. The molecule has 0 aliphatic carbocycles. The first-order chi connectivity index (χ1) is 13.0. The molecule has 3 rings (SSSR count). The van der Waals surface area contributed by atoms with E-state index in [9.17, 15) is 9.59 Å². The number of carbonyl (C=O) groups excluding carboxylic acids is 1. The van der Waals surface area contributed by atoms with Crippen molar-refractivity contribution >= 4 is 35.1 Å². The predicted molar refractivity (Wildman–Crippen MR) is 101 cm³/mol. The van der Waals surface area contributed by atoms with Gasteiger partial charge in [0.15, 0.2) is 0 Å². The molecule has 6 nitrogen and oxygen atoms in total. The zero-order valence-corrected chi connectivity index (χ0v) is 15.4. The molecule has 1 N–H and O–H groups in total. The smallest absolute Gasteiger partial charge is 0.340 e. The van der Waals surface area contributed by atoms with E-state index in [1.54, 1.807) is 12.1 Å². The average Bonchev–Trinajstić information content (AvgIpc) is 2.68. The zero-order chi connectivity index (χ0) is 19.6. The molecular weight excluding hydrogens is 391 g/mol. The molecule has 2 heterocycles. The number of esters is 1. The minimum atomic E-state index is -0.996. The second kappa shape index (κ2) is 10.3. The average molecular weight is 405 g/mol. The third kappa shape index (κ3) is 7.05. The molecule has 0 aliphatic heterocycles. The second-order valence-electron chi connectivity index (χ2n) is 5.11. The van der Waals surface area contributed by atoms with Crippen molar-refractivity contribution < 1.29 is 19.4 Å². The molecule has 0 aliphatic rings. The lowest BCUT2D eigenvalue weighted by Gasteiger charge is -2.04. The maximum atomic E-state index is 11.6. The van der Waals surface area contributed by atoms with Crippen molar-refractivity contribution in [2.24, 2.45) is 0 Å². The Bertz CT molecular complexity index is 886. The summed E-state index contributed by atoms with van der Waals surface area (Å²) in [6.07, 6.45) is 2.61. The zero-order valence-electron chi connectivity index (χ0n) is 13.9. The number of pyridine rings is 2. The van der Waals surface area contributed by atoms with Crippen LogP contribution in [0.1, 0.15) is 26.3 Å². The lowest BCUT2D eigenvalue weighted by atomic mass is 10.2. The minimum Gasteiger partial charge on any atom is -0.478 e. The molecule has 0 spiro atoms. The topological polar surface area (TPSA) is 89.4 Å². The van der Waals surface area contributed by atoms with Gasteiger partial charge >= 0.3 is 11.9 Å². The molecule has 0 radical (unpaired) electrons. The summed E-state index contributed by atoms with van der Waals surface area (Å²) in [4.78, 5) is 29.3. The van der Waals surface area contributed by atoms with Crippen LogP contribution in [-0.4, -0.2) is 27.0 Å². The molecule has 0 bridgehead atoms. The van der Waals surface area contributed by atoms with Crippen LogP contribution in [-0.2, 0) is 11.3 Å². The normalized spacial score (nSPS) is 9.70. The number of ether oxygens (including phenoxy) is 1. The fraction of sp³-hybridized carbons (Fsp3) is 0.0526. The second-order valence-corrected chi connectivity index (χ2v) is 5.88. The van der Waals surface area contributed by atoms with E-state index in [0.717, 1.165) is 5.56 Å². The molecule has 0 fully saturated rings. The number of nitrogens with zero attached hydrogens (tertiary/aromatic N) is 2. The Balaban J connectivity index is 0.000000223. The Morgan fingerprint density at radius 1 is 0.852 bits per heavy atom. The molecule has 8 heteroatoms. The molecule has 138 valence electrons. The highest BCUT2D eigenvalue weighted by Gasteiger charge is 2.07. The first-order valence-corrected chi connectivity index (χ1v) is 8.39. The molecule has 0 saturated carbocycles. The fourth-order valence-electron chi connectivity index (χ4n) is 1.81. The molecule has 0 atom stereocenters. The highest BCUT2D eigenvalue weighted by molar-refractivity contribution is 6.29. The van der Waals surface area contributed by atoms with E-state index in [2.05, 4.69) is 9.97 Å². The monoisotopic (exact) mass is 404 g/mol. The summed E-state index contributed by atoms with van der Waals surface area (Å²) < 4.78 is 5.13. The van der Waals surface area contributed by atoms with Gasteiger partial charge < -0.3 is 9.84 Å². The maximum Gasteiger partial charge on any atom is 0.340 e. The standard InChI is InChI=1S/C13H10ClNO2.C6H4ClNO2/c14-12-7-6-11(8-15-12)13(16)17-9-10-4-2-1-3-5-10;7-5-2-1-4(3-8-5)6(9)10/h1-8H,9H2;1-3H,(H,9,10). The maximum absolute atomic E-state index is 11.6. The van der Waals surface area contributed by atoms with Gasteiger partial charge in [0.2, 0.25) is 0 Å². The first-order valence-electron chi connectivity index (χ1n) is 7.63. The number of hydrogen-bond donors (Lipinski definition) is 1. The van der Waals surface area contributed by atoms with E-state index in [1.165, 1.54) is 24.5 Å². The SMILES string of the molecule is O=C(O)c1ccc(Cl)nc1.O=C(OCc1ccccc1)c1ccc(Cl)nc1. The van der Waals surface area contributed by atoms with Gasteiger partial charge in [-0.25, -0.2) is 19.6 Å². The van der Waals surface area contributed by atoms with Crippen LogP contribution < -0.4 is 0 Å². The summed E-state index contributed by atoms with van der Waals surface area (Å²) in [6.45, 7) is 0.252. The highest BCUT2D eigenvalue weighted by atomic mass is 35.5. The molecular formula is C19H14Cl2N2O4. The van der Waals surface area contributed by atoms with Gasteiger partial charge in [-0.15, -0.1) is 0 Å². The van der Waals surface area contributed by atoms with Gasteiger partial charge in [-0.2, -0.15) is 0 Å². The van der Waals surface area contributed by atoms with Gasteiger partial charge in [0.1, 0.15) is 16.9 Å². The van der Waals surface area contributed by atoms with Crippen molar-refractivity contribution in [2.75, 3.05) is 0 Å². The quantitative estimate of drug-likeness (QED) is 0.507. The van der Waals surface area contributed by atoms with E-state index in [-0.39, 0.29) is 12.2 Å². The summed E-state index contributed by atoms with van der Waals surface area (Å²) in [5.74, 6) is -1.40. The number of aromatic carboxylic acids is 1. The number of aromatic nitrogens is 2. The first kappa shape index (κ1) is 20.4. The number of rotatable bonds is 4. The van der Waals surface area contributed by atoms with Crippen molar-refractivity contribution in [1.82, 2.24) is 9.97 Å². The Morgan fingerprint density at radius 2 is 1.41 bits per heavy atom. The van der Waals surface area contributed by atoms with Gasteiger partial charge in [0.25, 0.3) is 0 Å². The fourth-order valence-corrected chi connectivity index (χ4v) is 2.03. The number of carboxylic acids is 1. The van der Waals surface area contributed by atoms with Crippen LogP contribution >= 0.6 is 23.2 Å². The van der Waals surface area contributed by atoms with E-state index in [0.29, 0.717) is 15.9 Å². The van der Waals surface area contributed by atoms with E-state index >= 15 is 0 Å². The Kier molecular flexibility index (Phi) is 7.73. The summed E-state index contributed by atoms with van der Waals surface area (Å²) in [5.41, 5.74) is 1.48. The summed E-state index contributed by atoms with van der Waals surface area (Å²) >= 11 is 11.0. The van der Waals surface area contributed by atoms with Gasteiger partial charge in [0.05, 0.1) is 11.1 Å². The van der Waals surface area contributed by atoms with Crippen LogP contribution in [0.15, 0.2) is 67.0 Å². The highest BCUT2D eigenvalue weighted by Crippen LogP contribution is 2.08. The molecule has 0 saturated heterocycles. The third-order valence-electron chi connectivity index (χ3n) is 3.15. The number of carbonyl (C=O) groups is 2. The van der Waals surface area contributed by atoms with E-state index in [4.69, 9.17) is 33.0 Å². The van der Waals surface area contributed by atoms with Crippen LogP contribution in [0.25, 0.3) is 0 Å². The largest absolute Gasteiger partial charge is 0.478 e. The van der Waals surface area contributed by atoms with Crippen LogP contribution in [0.2, 0.25) is 10.3 Å². The van der Waals surface area contributed by atoms with Crippen LogP contribution in [0.5, 0.6) is 0 Å². The molecule has 1 aromatic carbocycles. The van der Waals surface area contributed by atoms with Crippen molar-refractivity contribution in [3.05, 3.63) is 94.0 Å². The lowest BCUT2D eigenvalue weighted by molar-refractivity contribution is 0.0472. The van der Waals surface area contributed by atoms with E-state index < -0.39 is 11.9 Å². The van der Waals surface area contributed by atoms with Crippen molar-refractivity contribution in [2.45, 2.75) is 6.61 Å². The molecule has 3 aromatic rings. The lowest BCUT2D eigenvalue weighted by Crippen LogP contribution is -2.05.